The number of nitrogens with zero attached hydrogens (tertiary/aromatic N) is 5. The molecule has 1 N–H and O–H groups in total. The van der Waals surface area contributed by atoms with Gasteiger partial charge in [0.25, 0.3) is 0 Å². The van der Waals surface area contributed by atoms with Crippen molar-refractivity contribution >= 4 is 16.7 Å². The third kappa shape index (κ3) is 5.60. The molecule has 2 aromatic heterocycles. The number of aromatic nitrogens is 3. The van der Waals surface area contributed by atoms with Gasteiger partial charge in [-0.1, -0.05) is 42.5 Å². The monoisotopic (exact) mass is 510 g/mol. The fourth-order valence-electron chi connectivity index (χ4n) is 5.87. The van der Waals surface area contributed by atoms with Crippen LogP contribution in [0.15, 0.2) is 66.9 Å². The van der Waals surface area contributed by atoms with E-state index in [1.54, 1.807) is 0 Å². The Kier molecular flexibility index (Phi) is 7.67. The molecule has 1 aliphatic heterocycles. The Balaban J connectivity index is 1.22. The van der Waals surface area contributed by atoms with Crippen LogP contribution < -0.4 is 4.90 Å². The zero-order chi connectivity index (χ0) is 25.7. The molecule has 0 unspecified atom stereocenters. The van der Waals surface area contributed by atoms with E-state index in [1.807, 2.05) is 12.3 Å². The van der Waals surface area contributed by atoms with Crippen molar-refractivity contribution in [1.29, 1.82) is 0 Å². The highest BCUT2D eigenvalue weighted by atomic mass is 16.5. The van der Waals surface area contributed by atoms with Crippen LogP contribution in [-0.2, 0) is 24.3 Å². The minimum absolute atomic E-state index is 0.269. The van der Waals surface area contributed by atoms with Crippen molar-refractivity contribution in [3.8, 4) is 0 Å². The van der Waals surface area contributed by atoms with Crippen LogP contribution in [0.5, 0.6) is 0 Å². The van der Waals surface area contributed by atoms with Crippen molar-refractivity contribution in [2.24, 2.45) is 0 Å². The molecule has 38 heavy (non-hydrogen) atoms. The summed E-state index contributed by atoms with van der Waals surface area (Å²) in [4.78, 5) is 21.0. The van der Waals surface area contributed by atoms with Gasteiger partial charge in [-0.2, -0.15) is 0 Å². The molecule has 198 valence electrons. The largest absolute Gasteiger partial charge is 0.375 e. The van der Waals surface area contributed by atoms with Crippen molar-refractivity contribution in [3.63, 3.8) is 0 Å². The Labute approximate surface area is 225 Å². The predicted octanol–water partition coefficient (Wildman–Crippen LogP) is 4.81. The van der Waals surface area contributed by atoms with E-state index in [0.29, 0.717) is 13.2 Å². The van der Waals surface area contributed by atoms with Gasteiger partial charge >= 0.3 is 0 Å². The number of pyridine rings is 1. The fourth-order valence-corrected chi connectivity index (χ4v) is 5.87. The van der Waals surface area contributed by atoms with Gasteiger partial charge in [0.2, 0.25) is 0 Å². The van der Waals surface area contributed by atoms with E-state index in [1.165, 1.54) is 28.9 Å². The third-order valence-corrected chi connectivity index (χ3v) is 7.98. The van der Waals surface area contributed by atoms with Crippen molar-refractivity contribution in [2.75, 3.05) is 51.3 Å². The maximum absolute atomic E-state index is 6.13. The van der Waals surface area contributed by atoms with Crippen LogP contribution in [0.25, 0.3) is 11.0 Å². The van der Waals surface area contributed by atoms with Crippen LogP contribution in [0, 0.1) is 0 Å². The molecule has 0 bridgehead atoms. The number of para-hydroxylation sites is 1. The molecule has 3 heterocycles. The van der Waals surface area contributed by atoms with Gasteiger partial charge in [-0.05, 0) is 55.6 Å². The average Bonchev–Trinajstić information content (AvgIpc) is 3.38. The molecule has 1 atom stereocenters. The molecule has 1 fully saturated rings. The highest BCUT2D eigenvalue weighted by molar-refractivity contribution is 5.89. The molecule has 0 saturated carbocycles. The van der Waals surface area contributed by atoms with Crippen LogP contribution >= 0.6 is 0 Å². The lowest BCUT2D eigenvalue weighted by Crippen LogP contribution is -2.44. The summed E-state index contributed by atoms with van der Waals surface area (Å²) in [5.41, 5.74) is 7.23. The number of ether oxygens (including phenoxy) is 1. The van der Waals surface area contributed by atoms with Gasteiger partial charge in [-0.25, -0.2) is 4.98 Å². The number of hydrogen-bond acceptors (Lipinski definition) is 6. The number of nitrogens with one attached hydrogen (secondary N) is 1. The van der Waals surface area contributed by atoms with Crippen molar-refractivity contribution in [2.45, 2.75) is 38.5 Å². The molecule has 7 heteroatoms. The van der Waals surface area contributed by atoms with Gasteiger partial charge in [-0.3, -0.25) is 9.88 Å². The second kappa shape index (κ2) is 11.6. The number of fused-ring (bicyclic) bond motifs is 2. The van der Waals surface area contributed by atoms with E-state index in [-0.39, 0.29) is 6.04 Å². The fraction of sp³-hybridized carbons (Fsp3) is 0.419. The highest BCUT2D eigenvalue weighted by Gasteiger charge is 2.28. The molecule has 2 aromatic carbocycles. The van der Waals surface area contributed by atoms with Gasteiger partial charge < -0.3 is 19.5 Å². The van der Waals surface area contributed by atoms with Crippen LogP contribution in [-0.4, -0.2) is 71.1 Å². The normalized spacial score (nSPS) is 18.3. The first-order valence-corrected chi connectivity index (χ1v) is 14.0. The van der Waals surface area contributed by atoms with Gasteiger partial charge in [-0.15, -0.1) is 0 Å². The van der Waals surface area contributed by atoms with E-state index in [0.717, 1.165) is 69.0 Å². The van der Waals surface area contributed by atoms with Crippen molar-refractivity contribution in [1.82, 2.24) is 24.8 Å². The smallest absolute Gasteiger partial charge is 0.121 e. The SMILES string of the molecule is CN1CCN(c2cccc3[nH]c(CN(CCOCc4ccccc4)[C@H]4CCCc5cccnc54)nc23)CC1. The first-order chi connectivity index (χ1) is 18.7. The lowest BCUT2D eigenvalue weighted by molar-refractivity contribution is 0.0671. The minimum Gasteiger partial charge on any atom is -0.375 e. The molecular formula is C31H38N6O. The zero-order valence-corrected chi connectivity index (χ0v) is 22.4. The number of piperazine rings is 1. The number of imidazole rings is 1. The Morgan fingerprint density at radius 3 is 2.74 bits per heavy atom. The summed E-state index contributed by atoms with van der Waals surface area (Å²) in [5, 5.41) is 0. The highest BCUT2D eigenvalue weighted by Crippen LogP contribution is 2.34. The molecule has 0 spiro atoms. The summed E-state index contributed by atoms with van der Waals surface area (Å²) in [6.45, 7) is 7.10. The number of rotatable bonds is 9. The topological polar surface area (TPSA) is 60.5 Å². The predicted molar refractivity (Wildman–Crippen MR) is 152 cm³/mol. The van der Waals surface area contributed by atoms with E-state index in [2.05, 4.69) is 81.3 Å². The number of likely N-dealkylation sites (N-methyl/N-ethyl adjacent to an activating group) is 1. The van der Waals surface area contributed by atoms with Crippen LogP contribution in [0.3, 0.4) is 0 Å². The summed E-state index contributed by atoms with van der Waals surface area (Å²) in [7, 11) is 2.20. The number of benzene rings is 2. The molecule has 0 radical (unpaired) electrons. The number of hydrogen-bond donors (Lipinski definition) is 1. The molecule has 4 aromatic rings. The van der Waals surface area contributed by atoms with E-state index in [4.69, 9.17) is 14.7 Å². The first kappa shape index (κ1) is 25.0. The second-order valence-corrected chi connectivity index (χ2v) is 10.6. The van der Waals surface area contributed by atoms with E-state index >= 15 is 0 Å². The zero-order valence-electron chi connectivity index (χ0n) is 22.4. The quantitative estimate of drug-likeness (QED) is 0.326. The maximum Gasteiger partial charge on any atom is 0.121 e. The van der Waals surface area contributed by atoms with Gasteiger partial charge in [0.05, 0.1) is 42.7 Å². The number of anilines is 1. The number of aromatic amines is 1. The van der Waals surface area contributed by atoms with Crippen molar-refractivity contribution < 1.29 is 4.74 Å². The standard InChI is InChI=1S/C31H38N6O/c1-35-16-18-36(19-17-35)28-14-6-12-26-31(28)34-29(33-26)22-37(20-21-38-23-24-8-3-2-4-9-24)27-13-5-10-25-11-7-15-32-30(25)27/h2-4,6-9,11-12,14-15,27H,5,10,13,16-23H2,1H3,(H,33,34)/t27-/m0/s1. The summed E-state index contributed by atoms with van der Waals surface area (Å²) >= 11 is 0. The van der Waals surface area contributed by atoms with Gasteiger partial charge in [0, 0.05) is 38.9 Å². The molecule has 1 aliphatic carbocycles. The number of aryl methyl sites for hydroxylation is 1. The molecular weight excluding hydrogens is 472 g/mol. The molecule has 7 nitrogen and oxygen atoms in total. The Hall–Kier alpha value is -3.26. The summed E-state index contributed by atoms with van der Waals surface area (Å²) in [5.74, 6) is 1.01. The Bertz CT molecular complexity index is 1330. The summed E-state index contributed by atoms with van der Waals surface area (Å²) < 4.78 is 6.13. The van der Waals surface area contributed by atoms with Crippen LogP contribution in [0.1, 0.15) is 41.5 Å². The van der Waals surface area contributed by atoms with Gasteiger partial charge in [0.1, 0.15) is 11.3 Å². The van der Waals surface area contributed by atoms with Crippen molar-refractivity contribution in [3.05, 3.63) is 89.5 Å². The van der Waals surface area contributed by atoms with E-state index < -0.39 is 0 Å². The molecule has 6 rings (SSSR count). The Morgan fingerprint density at radius 2 is 1.87 bits per heavy atom. The van der Waals surface area contributed by atoms with Crippen LogP contribution in [0.4, 0.5) is 5.69 Å². The lowest BCUT2D eigenvalue weighted by Gasteiger charge is -2.34. The first-order valence-electron chi connectivity index (χ1n) is 14.0. The summed E-state index contributed by atoms with van der Waals surface area (Å²) in [6.07, 6.45) is 5.33. The second-order valence-electron chi connectivity index (χ2n) is 10.6. The Morgan fingerprint density at radius 1 is 1.00 bits per heavy atom. The molecule has 2 aliphatic rings. The average molecular weight is 511 g/mol. The maximum atomic E-state index is 6.13. The summed E-state index contributed by atoms with van der Waals surface area (Å²) in [6, 6.07) is 21.5. The lowest BCUT2D eigenvalue weighted by atomic mass is 9.91. The van der Waals surface area contributed by atoms with Crippen LogP contribution in [0.2, 0.25) is 0 Å². The number of H-pyrrole nitrogens is 1. The van der Waals surface area contributed by atoms with Gasteiger partial charge in [0.15, 0.2) is 0 Å². The third-order valence-electron chi connectivity index (χ3n) is 7.98. The van der Waals surface area contributed by atoms with E-state index in [9.17, 15) is 0 Å². The molecule has 0 amide bonds. The minimum atomic E-state index is 0.269. The molecule has 1 saturated heterocycles.